The zero-order valence-electron chi connectivity index (χ0n) is 51.2. The summed E-state index contributed by atoms with van der Waals surface area (Å²) in [6.07, 6.45) is 21.7. The lowest BCUT2D eigenvalue weighted by Gasteiger charge is -2.44. The third-order valence-electron chi connectivity index (χ3n) is 17.1. The lowest BCUT2D eigenvalue weighted by Crippen LogP contribution is -2.43. The van der Waals surface area contributed by atoms with Gasteiger partial charge in [0.1, 0.15) is 34.7 Å². The predicted molar refractivity (Wildman–Crippen MR) is 336 cm³/mol. The number of aliphatic hydroxyl groups excluding tert-OH is 6. The smallest absolute Gasteiger partial charge is 0.311 e. The number of piperidine rings is 2. The second-order valence-corrected chi connectivity index (χ2v) is 24.0. The van der Waals surface area contributed by atoms with E-state index in [-0.39, 0.29) is 69.0 Å². The molecule has 0 unspecified atom stereocenters. The van der Waals surface area contributed by atoms with Crippen molar-refractivity contribution in [2.24, 2.45) is 29.1 Å². The van der Waals surface area contributed by atoms with Gasteiger partial charge in [0.25, 0.3) is 0 Å². The number of carbonyl (C=O) groups excluding carboxylic acids is 1. The van der Waals surface area contributed by atoms with Gasteiger partial charge in [-0.1, -0.05) is 69.9 Å². The minimum Gasteiger partial charge on any atom is -0.508 e. The van der Waals surface area contributed by atoms with Crippen molar-refractivity contribution in [3.05, 3.63) is 95.3 Å². The van der Waals surface area contributed by atoms with Crippen LogP contribution in [0.2, 0.25) is 0 Å². The van der Waals surface area contributed by atoms with Gasteiger partial charge in [0.05, 0.1) is 57.4 Å². The Hall–Kier alpha value is -6.35. The van der Waals surface area contributed by atoms with Crippen molar-refractivity contribution in [1.82, 2.24) is 19.9 Å². The van der Waals surface area contributed by atoms with E-state index in [1.165, 1.54) is 18.4 Å². The number of hydrogen-bond donors (Lipinski definition) is 7. The summed E-state index contributed by atoms with van der Waals surface area (Å²) < 4.78 is 17.3. The summed E-state index contributed by atoms with van der Waals surface area (Å²) in [6, 6.07) is 12.6. The fourth-order valence-corrected chi connectivity index (χ4v) is 12.0. The van der Waals surface area contributed by atoms with E-state index in [2.05, 4.69) is 48.5 Å². The van der Waals surface area contributed by atoms with Crippen LogP contribution < -0.4 is 24.3 Å². The quantitative estimate of drug-likeness (QED) is 0.0287. The molecule has 0 radical (unpaired) electrons. The Labute approximate surface area is 503 Å². The number of hydrogen-bond acceptors (Lipinski definition) is 19. The maximum absolute atomic E-state index is 12.9. The van der Waals surface area contributed by atoms with Gasteiger partial charge in [-0.3, -0.25) is 4.79 Å². The highest BCUT2D eigenvalue weighted by Gasteiger charge is 2.43. The Morgan fingerprint density at radius 2 is 1.32 bits per heavy atom. The van der Waals surface area contributed by atoms with E-state index >= 15 is 0 Å². The summed E-state index contributed by atoms with van der Waals surface area (Å²) in [5.41, 5.74) is 4.92. The van der Waals surface area contributed by atoms with E-state index in [1.54, 1.807) is 35.1 Å². The molecule has 4 aromatic rings. The third-order valence-corrected chi connectivity index (χ3v) is 17.1. The van der Waals surface area contributed by atoms with Crippen molar-refractivity contribution >= 4 is 52.7 Å². The molecule has 5 heterocycles. The van der Waals surface area contributed by atoms with Crippen LogP contribution in [0.3, 0.4) is 0 Å². The van der Waals surface area contributed by atoms with Crippen LogP contribution in [0, 0.1) is 29.1 Å². The van der Waals surface area contributed by atoms with Gasteiger partial charge in [-0.25, -0.2) is 9.97 Å². The average Bonchev–Trinajstić information content (AvgIpc) is 1.68. The fourth-order valence-electron chi connectivity index (χ4n) is 12.0. The van der Waals surface area contributed by atoms with Crippen LogP contribution in [0.1, 0.15) is 128 Å². The molecule has 3 fully saturated rings. The highest BCUT2D eigenvalue weighted by atomic mass is 16.5. The fraction of sp³-hybridized carbons (Fsp3) is 0.591. The molecule has 7 atom stereocenters. The van der Waals surface area contributed by atoms with Gasteiger partial charge < -0.3 is 69.6 Å². The Balaban J connectivity index is 0.000000191. The number of benzene rings is 2. The van der Waals surface area contributed by atoms with Gasteiger partial charge in [-0.15, -0.1) is 0 Å². The highest BCUT2D eigenvalue weighted by molar-refractivity contribution is 5.95. The number of allylic oxidation sites excluding steroid dienone is 3. The van der Waals surface area contributed by atoms with Crippen LogP contribution in [0.15, 0.2) is 78.6 Å². The predicted octanol–water partition coefficient (Wildman–Crippen LogP) is 8.62. The average molecular weight is 1180 g/mol. The van der Waals surface area contributed by atoms with E-state index in [0.717, 1.165) is 112 Å². The van der Waals surface area contributed by atoms with Gasteiger partial charge in [-0.2, -0.15) is 9.97 Å². The number of methoxy groups -OCH3 is 1. The van der Waals surface area contributed by atoms with Crippen LogP contribution in [0.4, 0.5) is 23.5 Å². The molecule has 19 heteroatoms. The summed E-state index contributed by atoms with van der Waals surface area (Å²) in [6.45, 7) is 18.7. The molecule has 0 spiro atoms. The second-order valence-electron chi connectivity index (χ2n) is 24.0. The zero-order chi connectivity index (χ0) is 61.0. The monoisotopic (exact) mass is 1180 g/mol. The van der Waals surface area contributed by atoms with E-state index < -0.39 is 5.41 Å². The number of esters is 1. The first kappa shape index (κ1) is 66.2. The molecule has 466 valence electrons. The minimum atomic E-state index is -0.456. The maximum Gasteiger partial charge on any atom is 0.311 e. The van der Waals surface area contributed by atoms with Crippen molar-refractivity contribution < 1.29 is 54.8 Å². The molecule has 0 saturated carbocycles. The maximum atomic E-state index is 12.9. The number of ether oxygens (including phenoxy) is 3. The number of aliphatic hydroxyl groups is 6. The molecule has 0 bridgehead atoms. The van der Waals surface area contributed by atoms with E-state index in [4.69, 9.17) is 34.1 Å². The molecule has 3 saturated heterocycles. The molecular formula is C66H96N8O11. The zero-order valence-corrected chi connectivity index (χ0v) is 51.2. The Kier molecular flexibility index (Phi) is 25.2. The largest absolute Gasteiger partial charge is 0.508 e. The Morgan fingerprint density at radius 1 is 0.765 bits per heavy atom. The molecule has 3 aliphatic heterocycles. The number of rotatable bonds is 22. The standard InChI is InChI=1S/C26H40O4.C24H40N8O4.C16H16O3/c1-7-26(5,6)25(28)30-23-13-16(2)12-19-9-8-17(3)22(24(19)23)11-10-21-15-20(27)14-18(4)29-21;33-15-11-31(12-16-34)23-26-20-19(21(27-23)29-7-3-1-4-8-29)25-24(32(13-17-35)14-18-36)28-22(20)30-9-5-2-6-10-30;1-19-16-9-13(8-14(10-16)11-17)3-2-12-4-6-15(18)7-5-12/h8-9,12,16-17,20-24,27H,4,7,10-11,13-15H2,1-3,5-6H3;33-36H,1-18H2;2-10,17-18H,11H2,1H3/b;;3-2+/t16-,17-,20-,21+,22-,23-,24-;;/m0../s1. The molecule has 19 nitrogen and oxygen atoms in total. The lowest BCUT2D eigenvalue weighted by atomic mass is 9.65. The summed E-state index contributed by atoms with van der Waals surface area (Å²) in [4.78, 5) is 40.7. The molecule has 0 amide bonds. The number of fused-ring (bicyclic) bond motifs is 2. The summed E-state index contributed by atoms with van der Waals surface area (Å²) >= 11 is 0. The first-order valence-corrected chi connectivity index (χ1v) is 30.9. The lowest BCUT2D eigenvalue weighted by molar-refractivity contribution is -0.164. The Bertz CT molecular complexity index is 2740. The first-order valence-electron chi connectivity index (χ1n) is 30.9. The van der Waals surface area contributed by atoms with Gasteiger partial charge in [0.2, 0.25) is 11.9 Å². The molecule has 5 aliphatic rings. The normalized spacial score (nSPS) is 22.3. The minimum absolute atomic E-state index is 0.0166. The van der Waals surface area contributed by atoms with E-state index in [1.807, 2.05) is 57.2 Å². The highest BCUT2D eigenvalue weighted by Crippen LogP contribution is 2.46. The van der Waals surface area contributed by atoms with E-state index in [0.29, 0.717) is 85.5 Å². The number of phenols is 1. The van der Waals surface area contributed by atoms with Crippen LogP contribution in [-0.4, -0.2) is 166 Å². The molecular weight excluding hydrogens is 1080 g/mol. The molecule has 2 aromatic heterocycles. The molecule has 85 heavy (non-hydrogen) atoms. The van der Waals surface area contributed by atoms with Crippen molar-refractivity contribution in [2.75, 3.05) is 105 Å². The van der Waals surface area contributed by atoms with Gasteiger partial charge >= 0.3 is 5.97 Å². The number of nitrogens with zero attached hydrogens (tertiary/aromatic N) is 8. The van der Waals surface area contributed by atoms with Crippen LogP contribution in [0.5, 0.6) is 11.5 Å². The number of carbonyl (C=O) groups is 1. The van der Waals surface area contributed by atoms with Crippen LogP contribution >= 0.6 is 0 Å². The summed E-state index contributed by atoms with van der Waals surface area (Å²) in [5, 5.41) is 67.1. The molecule has 2 aliphatic carbocycles. The number of anilines is 4. The van der Waals surface area contributed by atoms with Crippen molar-refractivity contribution in [3.63, 3.8) is 0 Å². The Morgan fingerprint density at radius 3 is 1.82 bits per heavy atom. The third kappa shape index (κ3) is 18.3. The van der Waals surface area contributed by atoms with Gasteiger partial charge in [0, 0.05) is 71.1 Å². The summed E-state index contributed by atoms with van der Waals surface area (Å²) in [5.74, 6) is 5.37. The number of aromatic hydroxyl groups is 1. The molecule has 2 aromatic carbocycles. The van der Waals surface area contributed by atoms with Crippen molar-refractivity contribution in [2.45, 2.75) is 137 Å². The van der Waals surface area contributed by atoms with Crippen LogP contribution in [-0.2, 0) is 20.9 Å². The SMILES string of the molecule is C=C1C[C@H](O)C[C@@H](CC[C@@H]2[C@@H]3C(=C[C@H](C)C[C@@H]3OC(=O)C(C)(C)CC)C=C[C@@H]2C)O1.COc1cc(/C=C/c2ccc(O)cc2)cc(CO)c1.OCCN(CCO)c1nc(N2CCCCC2)c2nc(N(CCO)CCO)nc(N3CCCCC3)c2n1. The topological polar surface area (TPSA) is 251 Å². The van der Waals surface area contributed by atoms with Gasteiger partial charge in [-0.05, 0) is 148 Å². The molecule has 7 N–H and O–H groups in total. The van der Waals surface area contributed by atoms with Crippen LogP contribution in [0.25, 0.3) is 23.2 Å². The first-order chi connectivity index (χ1) is 41.0. The second kappa shape index (κ2) is 32.4. The number of aromatic nitrogens is 4. The van der Waals surface area contributed by atoms with E-state index in [9.17, 15) is 40.5 Å². The number of phenolic OH excluding ortho intramolecular Hbond substituents is 1. The van der Waals surface area contributed by atoms with Crippen molar-refractivity contribution in [3.8, 4) is 11.5 Å². The van der Waals surface area contributed by atoms with Gasteiger partial charge in [0.15, 0.2) is 11.6 Å². The molecule has 9 rings (SSSR count). The summed E-state index contributed by atoms with van der Waals surface area (Å²) in [7, 11) is 1.60. The van der Waals surface area contributed by atoms with Crippen molar-refractivity contribution in [1.29, 1.82) is 0 Å².